The molecule has 0 saturated carbocycles. The fraction of sp³-hybridized carbons (Fsp3) is 0.500. The average molecular weight is 264 g/mol. The molecule has 2 aromatic rings. The van der Waals surface area contributed by atoms with Gasteiger partial charge in [0.2, 0.25) is 5.89 Å². The number of halogens is 1. The number of ether oxygens (including phenoxy) is 1. The van der Waals surface area contributed by atoms with E-state index in [4.69, 9.17) is 9.15 Å². The minimum atomic E-state index is -0.295. The van der Waals surface area contributed by atoms with Crippen molar-refractivity contribution in [1.82, 2.24) is 10.3 Å². The van der Waals surface area contributed by atoms with Crippen molar-refractivity contribution in [2.75, 3.05) is 13.2 Å². The number of benzene rings is 1. The third kappa shape index (κ3) is 2.77. The molecule has 102 valence electrons. The van der Waals surface area contributed by atoms with Crippen LogP contribution in [0.4, 0.5) is 4.39 Å². The molecule has 1 N–H and O–H groups in total. The zero-order valence-corrected chi connectivity index (χ0v) is 10.9. The number of aromatic nitrogens is 1. The van der Waals surface area contributed by atoms with Gasteiger partial charge in [0.05, 0.1) is 13.2 Å². The summed E-state index contributed by atoms with van der Waals surface area (Å²) in [6.07, 6.45) is 1.09. The number of nitrogens with one attached hydrogen (secondary N) is 1. The van der Waals surface area contributed by atoms with E-state index in [1.54, 1.807) is 6.07 Å². The molecule has 0 amide bonds. The molecule has 0 radical (unpaired) electrons. The van der Waals surface area contributed by atoms with E-state index in [1.165, 1.54) is 12.1 Å². The molecule has 0 spiro atoms. The second-order valence-electron chi connectivity index (χ2n) is 5.01. The quantitative estimate of drug-likeness (QED) is 0.921. The van der Waals surface area contributed by atoms with Gasteiger partial charge < -0.3 is 14.5 Å². The highest BCUT2D eigenvalue weighted by Gasteiger charge is 2.22. The molecule has 2 unspecified atom stereocenters. The minimum absolute atomic E-state index is 0.295. The maximum absolute atomic E-state index is 13.1. The lowest BCUT2D eigenvalue weighted by atomic mass is 10.0. The summed E-state index contributed by atoms with van der Waals surface area (Å²) in [4.78, 5) is 4.27. The zero-order chi connectivity index (χ0) is 13.2. The molecule has 1 saturated heterocycles. The van der Waals surface area contributed by atoms with Crippen LogP contribution < -0.4 is 5.32 Å². The highest BCUT2D eigenvalue weighted by Crippen LogP contribution is 2.19. The first-order valence-electron chi connectivity index (χ1n) is 6.58. The topological polar surface area (TPSA) is 47.3 Å². The number of hydrogen-bond donors (Lipinski definition) is 1. The van der Waals surface area contributed by atoms with Crippen LogP contribution in [0, 0.1) is 11.7 Å². The Morgan fingerprint density at radius 3 is 3.21 bits per heavy atom. The number of oxazole rings is 1. The molecule has 0 bridgehead atoms. The van der Waals surface area contributed by atoms with E-state index in [0.717, 1.165) is 19.6 Å². The summed E-state index contributed by atoms with van der Waals surface area (Å²) >= 11 is 0. The van der Waals surface area contributed by atoms with Crippen molar-refractivity contribution in [3.63, 3.8) is 0 Å². The predicted molar refractivity (Wildman–Crippen MR) is 69.2 cm³/mol. The molecule has 2 heterocycles. The average Bonchev–Trinajstić information content (AvgIpc) is 3.04. The maximum atomic E-state index is 13.1. The van der Waals surface area contributed by atoms with Crippen LogP contribution >= 0.6 is 0 Å². The van der Waals surface area contributed by atoms with Crippen molar-refractivity contribution in [2.24, 2.45) is 5.92 Å². The Labute approximate surface area is 111 Å². The molecule has 1 aliphatic heterocycles. The Balaban J connectivity index is 1.64. The van der Waals surface area contributed by atoms with E-state index < -0.39 is 0 Å². The molecule has 1 aromatic heterocycles. The van der Waals surface area contributed by atoms with Crippen LogP contribution in [0.3, 0.4) is 0 Å². The van der Waals surface area contributed by atoms with Gasteiger partial charge in [0.1, 0.15) is 11.3 Å². The van der Waals surface area contributed by atoms with Gasteiger partial charge in [-0.3, -0.25) is 0 Å². The second kappa shape index (κ2) is 5.27. The molecule has 1 aliphatic rings. The van der Waals surface area contributed by atoms with E-state index in [9.17, 15) is 4.39 Å². The Kier molecular flexibility index (Phi) is 3.48. The highest BCUT2D eigenvalue weighted by atomic mass is 19.1. The van der Waals surface area contributed by atoms with Crippen LogP contribution in [-0.2, 0) is 11.3 Å². The normalized spacial score (nSPS) is 21.1. The summed E-state index contributed by atoms with van der Waals surface area (Å²) in [5.74, 6) is 0.838. The van der Waals surface area contributed by atoms with Gasteiger partial charge in [0, 0.05) is 18.7 Å². The molecule has 4 nitrogen and oxygen atoms in total. The van der Waals surface area contributed by atoms with E-state index in [2.05, 4.69) is 17.2 Å². The molecule has 1 aromatic carbocycles. The number of fused-ring (bicyclic) bond motifs is 1. The molecule has 2 atom stereocenters. The largest absolute Gasteiger partial charge is 0.439 e. The fourth-order valence-electron chi connectivity index (χ4n) is 2.39. The number of nitrogens with zero attached hydrogens (tertiary/aromatic N) is 1. The van der Waals surface area contributed by atoms with Gasteiger partial charge in [-0.2, -0.15) is 0 Å². The van der Waals surface area contributed by atoms with Gasteiger partial charge in [-0.15, -0.1) is 0 Å². The standard InChI is InChI=1S/C14H17FN2O2/c1-9(10-4-5-18-8-10)16-7-14-17-12-6-11(15)2-3-13(12)19-14/h2-3,6,9-10,16H,4-5,7-8H2,1H3. The molecule has 3 rings (SSSR count). The van der Waals surface area contributed by atoms with Crippen molar-refractivity contribution < 1.29 is 13.5 Å². The van der Waals surface area contributed by atoms with Gasteiger partial charge in [-0.1, -0.05) is 0 Å². The summed E-state index contributed by atoms with van der Waals surface area (Å²) < 4.78 is 24.0. The van der Waals surface area contributed by atoms with Crippen LogP contribution in [0.5, 0.6) is 0 Å². The molecular formula is C14H17FN2O2. The van der Waals surface area contributed by atoms with Crippen molar-refractivity contribution in [1.29, 1.82) is 0 Å². The van der Waals surface area contributed by atoms with Crippen molar-refractivity contribution >= 4 is 11.1 Å². The minimum Gasteiger partial charge on any atom is -0.439 e. The second-order valence-corrected chi connectivity index (χ2v) is 5.01. The van der Waals surface area contributed by atoms with Crippen molar-refractivity contribution in [3.05, 3.63) is 29.9 Å². The third-order valence-corrected chi connectivity index (χ3v) is 3.64. The lowest BCUT2D eigenvalue weighted by molar-refractivity contribution is 0.178. The summed E-state index contributed by atoms with van der Waals surface area (Å²) in [6, 6.07) is 4.73. The summed E-state index contributed by atoms with van der Waals surface area (Å²) in [7, 11) is 0. The third-order valence-electron chi connectivity index (χ3n) is 3.64. The Hall–Kier alpha value is -1.46. The lowest BCUT2D eigenvalue weighted by Crippen LogP contribution is -2.33. The van der Waals surface area contributed by atoms with Crippen LogP contribution in [0.25, 0.3) is 11.1 Å². The number of rotatable bonds is 4. The SMILES string of the molecule is CC(NCc1nc2cc(F)ccc2o1)C1CCOC1. The van der Waals surface area contributed by atoms with E-state index >= 15 is 0 Å². The summed E-state index contributed by atoms with van der Waals surface area (Å²) in [5.41, 5.74) is 1.18. The van der Waals surface area contributed by atoms with Crippen LogP contribution in [0.15, 0.2) is 22.6 Å². The summed E-state index contributed by atoms with van der Waals surface area (Å²) in [5, 5.41) is 3.39. The molecule has 1 fully saturated rings. The van der Waals surface area contributed by atoms with Gasteiger partial charge in [-0.25, -0.2) is 9.37 Å². The summed E-state index contributed by atoms with van der Waals surface area (Å²) in [6.45, 7) is 4.35. The Morgan fingerprint density at radius 2 is 2.42 bits per heavy atom. The highest BCUT2D eigenvalue weighted by molar-refractivity contribution is 5.72. The molecule has 0 aliphatic carbocycles. The monoisotopic (exact) mass is 264 g/mol. The first-order valence-corrected chi connectivity index (χ1v) is 6.58. The molecule has 5 heteroatoms. The van der Waals surface area contributed by atoms with Crippen LogP contribution in [0.2, 0.25) is 0 Å². The van der Waals surface area contributed by atoms with E-state index in [-0.39, 0.29) is 5.82 Å². The van der Waals surface area contributed by atoms with Crippen molar-refractivity contribution in [3.8, 4) is 0 Å². The molecular weight excluding hydrogens is 247 g/mol. The Bertz CT molecular complexity index is 564. The van der Waals surface area contributed by atoms with Crippen LogP contribution in [-0.4, -0.2) is 24.2 Å². The van der Waals surface area contributed by atoms with Crippen LogP contribution in [0.1, 0.15) is 19.2 Å². The van der Waals surface area contributed by atoms with E-state index in [0.29, 0.717) is 35.5 Å². The predicted octanol–water partition coefficient (Wildman–Crippen LogP) is 2.48. The number of hydrogen-bond acceptors (Lipinski definition) is 4. The first-order chi connectivity index (χ1) is 9.22. The maximum Gasteiger partial charge on any atom is 0.209 e. The molecule has 19 heavy (non-hydrogen) atoms. The zero-order valence-electron chi connectivity index (χ0n) is 10.9. The van der Waals surface area contributed by atoms with Gasteiger partial charge >= 0.3 is 0 Å². The van der Waals surface area contributed by atoms with Gasteiger partial charge in [-0.05, 0) is 31.4 Å². The van der Waals surface area contributed by atoms with Crippen molar-refractivity contribution in [2.45, 2.75) is 25.9 Å². The smallest absolute Gasteiger partial charge is 0.209 e. The Morgan fingerprint density at radius 1 is 1.53 bits per heavy atom. The lowest BCUT2D eigenvalue weighted by Gasteiger charge is -2.17. The van der Waals surface area contributed by atoms with Gasteiger partial charge in [0.15, 0.2) is 5.58 Å². The van der Waals surface area contributed by atoms with Gasteiger partial charge in [0.25, 0.3) is 0 Å². The van der Waals surface area contributed by atoms with E-state index in [1.807, 2.05) is 0 Å². The fourth-order valence-corrected chi connectivity index (χ4v) is 2.39. The first kappa shape index (κ1) is 12.6.